The van der Waals surface area contributed by atoms with Gasteiger partial charge in [-0.05, 0) is 42.2 Å². The lowest BCUT2D eigenvalue weighted by molar-refractivity contribution is 0.208. The number of hydrogen-bond acceptors (Lipinski definition) is 4. The van der Waals surface area contributed by atoms with Crippen molar-refractivity contribution in [3.05, 3.63) is 53.9 Å². The molecule has 1 aromatic carbocycles. The minimum atomic E-state index is -0.0107. The SMILES string of the molecule is COc1cccc(CCNC(=O)N2CCC(c3ccncc3)C2)c1OC. The van der Waals surface area contributed by atoms with Crippen molar-refractivity contribution in [3.63, 3.8) is 0 Å². The van der Waals surface area contributed by atoms with Gasteiger partial charge in [-0.15, -0.1) is 0 Å². The summed E-state index contributed by atoms with van der Waals surface area (Å²) >= 11 is 0. The average molecular weight is 355 g/mol. The van der Waals surface area contributed by atoms with Gasteiger partial charge in [-0.3, -0.25) is 4.98 Å². The number of pyridine rings is 1. The number of aromatic nitrogens is 1. The van der Waals surface area contributed by atoms with Crippen LogP contribution in [0, 0.1) is 0 Å². The van der Waals surface area contributed by atoms with Crippen molar-refractivity contribution in [3.8, 4) is 11.5 Å². The molecule has 2 heterocycles. The van der Waals surface area contributed by atoms with Gasteiger partial charge in [-0.2, -0.15) is 0 Å². The predicted octanol–water partition coefficient (Wildman–Crippen LogP) is 2.84. The number of rotatable bonds is 6. The predicted molar refractivity (Wildman–Crippen MR) is 99.8 cm³/mol. The van der Waals surface area contributed by atoms with Crippen molar-refractivity contribution in [1.29, 1.82) is 0 Å². The summed E-state index contributed by atoms with van der Waals surface area (Å²) in [4.78, 5) is 18.4. The van der Waals surface area contributed by atoms with Crippen molar-refractivity contribution in [2.24, 2.45) is 0 Å². The summed E-state index contributed by atoms with van der Waals surface area (Å²) in [5.41, 5.74) is 2.26. The van der Waals surface area contributed by atoms with Crippen LogP contribution in [0.5, 0.6) is 11.5 Å². The van der Waals surface area contributed by atoms with Crippen LogP contribution >= 0.6 is 0 Å². The molecule has 2 amide bonds. The van der Waals surface area contributed by atoms with E-state index in [1.54, 1.807) is 26.6 Å². The third kappa shape index (κ3) is 4.07. The highest BCUT2D eigenvalue weighted by molar-refractivity contribution is 5.74. The molecule has 1 aliphatic heterocycles. The zero-order chi connectivity index (χ0) is 18.4. The minimum Gasteiger partial charge on any atom is -0.493 e. The molecule has 1 aromatic heterocycles. The van der Waals surface area contributed by atoms with Gasteiger partial charge in [0.15, 0.2) is 11.5 Å². The first-order valence-electron chi connectivity index (χ1n) is 8.85. The quantitative estimate of drug-likeness (QED) is 0.865. The molecule has 1 atom stereocenters. The second-order valence-corrected chi connectivity index (χ2v) is 6.35. The highest BCUT2D eigenvalue weighted by Crippen LogP contribution is 2.31. The minimum absolute atomic E-state index is 0.0107. The second-order valence-electron chi connectivity index (χ2n) is 6.35. The van der Waals surface area contributed by atoms with E-state index in [4.69, 9.17) is 9.47 Å². The zero-order valence-corrected chi connectivity index (χ0v) is 15.3. The molecule has 1 fully saturated rings. The number of amides is 2. The molecule has 1 saturated heterocycles. The summed E-state index contributed by atoms with van der Waals surface area (Å²) in [5.74, 6) is 1.82. The molecular formula is C20H25N3O3. The first-order valence-corrected chi connectivity index (χ1v) is 8.85. The molecule has 0 radical (unpaired) electrons. The number of para-hydroxylation sites is 1. The van der Waals surface area contributed by atoms with E-state index in [9.17, 15) is 4.79 Å². The Balaban J connectivity index is 1.51. The van der Waals surface area contributed by atoms with Gasteiger partial charge in [0, 0.05) is 37.9 Å². The topological polar surface area (TPSA) is 63.7 Å². The Morgan fingerprint density at radius 1 is 1.23 bits per heavy atom. The molecule has 0 saturated carbocycles. The Labute approximate surface area is 154 Å². The fourth-order valence-electron chi connectivity index (χ4n) is 3.42. The lowest BCUT2D eigenvalue weighted by atomic mass is 10.00. The van der Waals surface area contributed by atoms with Gasteiger partial charge in [0.2, 0.25) is 0 Å². The van der Waals surface area contributed by atoms with Gasteiger partial charge in [0.25, 0.3) is 0 Å². The zero-order valence-electron chi connectivity index (χ0n) is 15.3. The summed E-state index contributed by atoms with van der Waals surface area (Å²) in [7, 11) is 3.25. The first kappa shape index (κ1) is 18.0. The van der Waals surface area contributed by atoms with Crippen molar-refractivity contribution in [2.75, 3.05) is 33.9 Å². The van der Waals surface area contributed by atoms with Gasteiger partial charge in [-0.25, -0.2) is 4.79 Å². The molecule has 1 aliphatic rings. The van der Waals surface area contributed by atoms with Crippen LogP contribution in [0.15, 0.2) is 42.7 Å². The van der Waals surface area contributed by atoms with Crippen LogP contribution in [-0.4, -0.2) is 49.8 Å². The van der Waals surface area contributed by atoms with Crippen LogP contribution in [0.25, 0.3) is 0 Å². The second kappa shape index (κ2) is 8.56. The fraction of sp³-hybridized carbons (Fsp3) is 0.400. The van der Waals surface area contributed by atoms with E-state index in [1.165, 1.54) is 5.56 Å². The van der Waals surface area contributed by atoms with Crippen molar-refractivity contribution in [2.45, 2.75) is 18.8 Å². The highest BCUT2D eigenvalue weighted by atomic mass is 16.5. The monoisotopic (exact) mass is 355 g/mol. The maximum absolute atomic E-state index is 12.4. The number of urea groups is 1. The smallest absolute Gasteiger partial charge is 0.317 e. The third-order valence-corrected chi connectivity index (χ3v) is 4.81. The summed E-state index contributed by atoms with van der Waals surface area (Å²) in [6, 6.07) is 9.83. The van der Waals surface area contributed by atoms with E-state index in [1.807, 2.05) is 35.2 Å². The average Bonchev–Trinajstić information content (AvgIpc) is 3.18. The molecule has 138 valence electrons. The molecule has 2 aromatic rings. The Bertz CT molecular complexity index is 736. The number of methoxy groups -OCH3 is 2. The summed E-state index contributed by atoms with van der Waals surface area (Å²) in [5, 5.41) is 3.01. The molecule has 1 unspecified atom stereocenters. The van der Waals surface area contributed by atoms with E-state index in [0.717, 1.165) is 30.8 Å². The first-order chi connectivity index (χ1) is 12.7. The van der Waals surface area contributed by atoms with Crippen molar-refractivity contribution < 1.29 is 14.3 Å². The molecule has 3 rings (SSSR count). The molecule has 1 N–H and O–H groups in total. The third-order valence-electron chi connectivity index (χ3n) is 4.81. The van der Waals surface area contributed by atoms with Gasteiger partial charge in [0.1, 0.15) is 0 Å². The normalized spacial score (nSPS) is 16.4. The number of carbonyl (C=O) groups excluding carboxylic acids is 1. The lowest BCUT2D eigenvalue weighted by Crippen LogP contribution is -2.39. The molecule has 0 spiro atoms. The fourth-order valence-corrected chi connectivity index (χ4v) is 3.42. The number of benzene rings is 1. The number of hydrogen-bond donors (Lipinski definition) is 1. The summed E-state index contributed by atoms with van der Waals surface area (Å²) < 4.78 is 10.7. The van der Waals surface area contributed by atoms with Crippen LogP contribution in [0.2, 0.25) is 0 Å². The van der Waals surface area contributed by atoms with Crippen LogP contribution in [0.4, 0.5) is 4.79 Å². The van der Waals surface area contributed by atoms with E-state index < -0.39 is 0 Å². The van der Waals surface area contributed by atoms with Crippen molar-refractivity contribution >= 4 is 6.03 Å². The van der Waals surface area contributed by atoms with Crippen molar-refractivity contribution in [1.82, 2.24) is 15.2 Å². The van der Waals surface area contributed by atoms with Crippen LogP contribution in [-0.2, 0) is 6.42 Å². The van der Waals surface area contributed by atoms with E-state index in [2.05, 4.69) is 10.3 Å². The Morgan fingerprint density at radius 3 is 2.77 bits per heavy atom. The maximum atomic E-state index is 12.4. The maximum Gasteiger partial charge on any atom is 0.317 e. The van der Waals surface area contributed by atoms with Crippen LogP contribution < -0.4 is 14.8 Å². The number of likely N-dealkylation sites (tertiary alicyclic amines) is 1. The molecule has 6 heteroatoms. The Morgan fingerprint density at radius 2 is 2.04 bits per heavy atom. The molecule has 0 bridgehead atoms. The number of nitrogens with zero attached hydrogens (tertiary/aromatic N) is 2. The largest absolute Gasteiger partial charge is 0.493 e. The number of ether oxygens (including phenoxy) is 2. The summed E-state index contributed by atoms with van der Waals surface area (Å²) in [6.07, 6.45) is 5.29. The lowest BCUT2D eigenvalue weighted by Gasteiger charge is -2.18. The van der Waals surface area contributed by atoms with E-state index >= 15 is 0 Å². The van der Waals surface area contributed by atoms with Gasteiger partial charge in [0.05, 0.1) is 14.2 Å². The van der Waals surface area contributed by atoms with Gasteiger partial charge < -0.3 is 19.7 Å². The Hall–Kier alpha value is -2.76. The number of nitrogens with one attached hydrogen (secondary N) is 1. The van der Waals surface area contributed by atoms with Gasteiger partial charge >= 0.3 is 6.03 Å². The van der Waals surface area contributed by atoms with E-state index in [0.29, 0.717) is 24.6 Å². The van der Waals surface area contributed by atoms with Gasteiger partial charge in [-0.1, -0.05) is 12.1 Å². The molecular weight excluding hydrogens is 330 g/mol. The van der Waals surface area contributed by atoms with E-state index in [-0.39, 0.29) is 6.03 Å². The standard InChI is InChI=1S/C20H25N3O3/c1-25-18-5-3-4-16(19(18)26-2)8-12-22-20(24)23-13-9-17(14-23)15-6-10-21-11-7-15/h3-7,10-11,17H,8-9,12-14H2,1-2H3,(H,22,24). The molecule has 0 aliphatic carbocycles. The van der Waals surface area contributed by atoms with Crippen LogP contribution in [0.3, 0.4) is 0 Å². The highest BCUT2D eigenvalue weighted by Gasteiger charge is 2.27. The van der Waals surface area contributed by atoms with Crippen LogP contribution in [0.1, 0.15) is 23.5 Å². The Kier molecular flexibility index (Phi) is 5.94. The number of carbonyl (C=O) groups is 1. The molecule has 26 heavy (non-hydrogen) atoms. The summed E-state index contributed by atoms with van der Waals surface area (Å²) in [6.45, 7) is 2.08. The molecule has 6 nitrogen and oxygen atoms in total.